The Labute approximate surface area is 134 Å². The summed E-state index contributed by atoms with van der Waals surface area (Å²) in [5, 5.41) is 0. The smallest absolute Gasteiger partial charge is 0.224 e. The van der Waals surface area contributed by atoms with Gasteiger partial charge in [0.15, 0.2) is 5.82 Å². The van der Waals surface area contributed by atoms with Crippen molar-refractivity contribution in [1.29, 1.82) is 0 Å². The second kappa shape index (κ2) is 6.44. The number of alkyl halides is 1. The van der Waals surface area contributed by atoms with Gasteiger partial charge in [-0.25, -0.2) is 9.97 Å². The number of carbonyl (C=O) groups excluding carboxylic acids is 1. The third kappa shape index (κ3) is 2.70. The number of halogens is 1. The summed E-state index contributed by atoms with van der Waals surface area (Å²) < 4.78 is 1.91. The summed E-state index contributed by atoms with van der Waals surface area (Å²) >= 11 is 5.71. The number of hydrogen-bond acceptors (Lipinski definition) is 4. The van der Waals surface area contributed by atoms with E-state index in [9.17, 15) is 4.79 Å². The Balaban J connectivity index is 1.98. The normalized spacial score (nSPS) is 17.9. The van der Waals surface area contributed by atoms with Crippen molar-refractivity contribution in [3.8, 4) is 11.5 Å². The summed E-state index contributed by atoms with van der Waals surface area (Å²) in [5.41, 5.74) is 1.56. The van der Waals surface area contributed by atoms with E-state index in [0.717, 1.165) is 36.6 Å². The largest absolute Gasteiger partial charge is 0.334 e. The van der Waals surface area contributed by atoms with Crippen molar-refractivity contribution in [2.45, 2.75) is 25.3 Å². The first-order valence-electron chi connectivity index (χ1n) is 7.36. The molecule has 0 aliphatic carbocycles. The van der Waals surface area contributed by atoms with Gasteiger partial charge in [0.1, 0.15) is 5.69 Å². The van der Waals surface area contributed by atoms with Gasteiger partial charge < -0.3 is 9.47 Å². The van der Waals surface area contributed by atoms with E-state index < -0.39 is 0 Å². The van der Waals surface area contributed by atoms with E-state index in [-0.39, 0.29) is 11.9 Å². The molecule has 0 saturated carbocycles. The number of aryl methyl sites for hydroxylation is 1. The lowest BCUT2D eigenvalue weighted by molar-refractivity contribution is -0.131. The first kappa shape index (κ1) is 15.0. The minimum absolute atomic E-state index is 0.0453. The Bertz CT molecular complexity index is 671. The van der Waals surface area contributed by atoms with Gasteiger partial charge in [0.2, 0.25) is 5.91 Å². The van der Waals surface area contributed by atoms with Crippen LogP contribution in [0.15, 0.2) is 24.8 Å². The van der Waals surface area contributed by atoms with Crippen molar-refractivity contribution in [3.05, 3.63) is 30.5 Å². The van der Waals surface area contributed by atoms with Gasteiger partial charge in [0.25, 0.3) is 0 Å². The van der Waals surface area contributed by atoms with E-state index in [1.165, 1.54) is 0 Å². The lowest BCUT2D eigenvalue weighted by Crippen LogP contribution is -2.31. The summed E-state index contributed by atoms with van der Waals surface area (Å²) in [6.45, 7) is 0.747. The molecule has 2 aromatic heterocycles. The molecule has 6 nitrogen and oxygen atoms in total. The average molecular weight is 320 g/mol. The van der Waals surface area contributed by atoms with Gasteiger partial charge in [-0.2, -0.15) is 0 Å². The first-order valence-corrected chi connectivity index (χ1v) is 7.90. The molecule has 1 saturated heterocycles. The van der Waals surface area contributed by atoms with Gasteiger partial charge in [-0.05, 0) is 12.8 Å². The molecule has 1 fully saturated rings. The van der Waals surface area contributed by atoms with Crippen LogP contribution < -0.4 is 0 Å². The first-order chi connectivity index (χ1) is 10.7. The summed E-state index contributed by atoms with van der Waals surface area (Å²) in [7, 11) is 1.92. The number of nitrogens with zero attached hydrogens (tertiary/aromatic N) is 5. The second-order valence-corrected chi connectivity index (χ2v) is 5.71. The number of likely N-dealkylation sites (tertiary alicyclic amines) is 1. The predicted molar refractivity (Wildman–Crippen MR) is 83.3 cm³/mol. The number of carbonyl (C=O) groups is 1. The number of amides is 1. The zero-order chi connectivity index (χ0) is 15.5. The fourth-order valence-corrected chi connectivity index (χ4v) is 3.09. The van der Waals surface area contributed by atoms with E-state index in [1.54, 1.807) is 18.6 Å². The van der Waals surface area contributed by atoms with Crippen molar-refractivity contribution in [3.63, 3.8) is 0 Å². The molecule has 0 spiro atoms. The van der Waals surface area contributed by atoms with Gasteiger partial charge in [0.05, 0.1) is 11.7 Å². The Morgan fingerprint density at radius 2 is 2.14 bits per heavy atom. The SMILES string of the molecule is Cn1ccnc1-c1nccnc1C1CCCN1C(=O)CCCl. The minimum Gasteiger partial charge on any atom is -0.334 e. The van der Waals surface area contributed by atoms with Crippen LogP contribution in [-0.4, -0.2) is 42.8 Å². The van der Waals surface area contributed by atoms with E-state index >= 15 is 0 Å². The fraction of sp³-hybridized carbons (Fsp3) is 0.467. The third-order valence-electron chi connectivity index (χ3n) is 3.96. The highest BCUT2D eigenvalue weighted by Crippen LogP contribution is 2.35. The summed E-state index contributed by atoms with van der Waals surface area (Å²) in [6.07, 6.45) is 9.16. The van der Waals surface area contributed by atoms with Crippen LogP contribution in [0.1, 0.15) is 31.0 Å². The lowest BCUT2D eigenvalue weighted by atomic mass is 10.1. The number of aromatic nitrogens is 4. The van der Waals surface area contributed by atoms with Crippen LogP contribution in [0, 0.1) is 0 Å². The Morgan fingerprint density at radius 1 is 1.32 bits per heavy atom. The maximum absolute atomic E-state index is 12.3. The van der Waals surface area contributed by atoms with Crippen LogP contribution in [0.4, 0.5) is 0 Å². The molecule has 0 bridgehead atoms. The highest BCUT2D eigenvalue weighted by molar-refractivity contribution is 6.18. The molecule has 1 unspecified atom stereocenters. The van der Waals surface area contributed by atoms with Gasteiger partial charge in [-0.3, -0.25) is 9.78 Å². The monoisotopic (exact) mass is 319 g/mol. The molecule has 0 N–H and O–H groups in total. The van der Waals surface area contributed by atoms with E-state index in [0.29, 0.717) is 12.3 Å². The Kier molecular flexibility index (Phi) is 4.38. The zero-order valence-corrected chi connectivity index (χ0v) is 13.2. The molecule has 22 heavy (non-hydrogen) atoms. The van der Waals surface area contributed by atoms with E-state index in [1.807, 2.05) is 22.7 Å². The van der Waals surface area contributed by atoms with Crippen molar-refractivity contribution < 1.29 is 4.79 Å². The molecule has 116 valence electrons. The summed E-state index contributed by atoms with van der Waals surface area (Å²) in [4.78, 5) is 27.5. The number of hydrogen-bond donors (Lipinski definition) is 0. The maximum Gasteiger partial charge on any atom is 0.224 e. The molecular weight excluding hydrogens is 302 g/mol. The average Bonchev–Trinajstić information content (AvgIpc) is 3.16. The molecule has 3 rings (SSSR count). The predicted octanol–water partition coefficient (Wildman–Crippen LogP) is 2.17. The quantitative estimate of drug-likeness (QED) is 0.810. The highest BCUT2D eigenvalue weighted by Gasteiger charge is 2.33. The Hall–Kier alpha value is -1.95. The molecule has 7 heteroatoms. The van der Waals surface area contributed by atoms with Crippen molar-refractivity contribution >= 4 is 17.5 Å². The third-order valence-corrected chi connectivity index (χ3v) is 4.15. The standard InChI is InChI=1S/C15H18ClN5O/c1-20-10-8-19-15(20)14-13(17-6-7-18-14)11-3-2-9-21(11)12(22)4-5-16/h6-8,10-11H,2-5,9H2,1H3. The number of rotatable bonds is 4. The van der Waals surface area contributed by atoms with Crippen molar-refractivity contribution in [2.24, 2.45) is 7.05 Å². The highest BCUT2D eigenvalue weighted by atomic mass is 35.5. The van der Waals surface area contributed by atoms with Crippen LogP contribution in [0.3, 0.4) is 0 Å². The zero-order valence-electron chi connectivity index (χ0n) is 12.4. The van der Waals surface area contributed by atoms with Crippen LogP contribution >= 0.6 is 11.6 Å². The minimum atomic E-state index is -0.0453. The van der Waals surface area contributed by atoms with Crippen molar-refractivity contribution in [1.82, 2.24) is 24.4 Å². The van der Waals surface area contributed by atoms with E-state index in [2.05, 4.69) is 15.0 Å². The molecule has 3 heterocycles. The molecular formula is C15H18ClN5O. The Morgan fingerprint density at radius 3 is 2.86 bits per heavy atom. The summed E-state index contributed by atoms with van der Waals surface area (Å²) in [5.74, 6) is 1.18. The van der Waals surface area contributed by atoms with E-state index in [4.69, 9.17) is 11.6 Å². The summed E-state index contributed by atoms with van der Waals surface area (Å²) in [6, 6.07) is -0.0453. The molecule has 1 aliphatic heterocycles. The van der Waals surface area contributed by atoms with Gasteiger partial charge in [-0.15, -0.1) is 11.6 Å². The maximum atomic E-state index is 12.3. The lowest BCUT2D eigenvalue weighted by Gasteiger charge is -2.25. The number of imidazole rings is 1. The van der Waals surface area contributed by atoms with Gasteiger partial charge >= 0.3 is 0 Å². The molecule has 0 radical (unpaired) electrons. The topological polar surface area (TPSA) is 63.9 Å². The van der Waals surface area contributed by atoms with Crippen molar-refractivity contribution in [2.75, 3.05) is 12.4 Å². The molecule has 1 amide bonds. The van der Waals surface area contributed by atoms with Crippen LogP contribution in [0.5, 0.6) is 0 Å². The van der Waals surface area contributed by atoms with Gasteiger partial charge in [-0.1, -0.05) is 0 Å². The fourth-order valence-electron chi connectivity index (χ4n) is 2.93. The molecule has 1 atom stereocenters. The molecule has 0 aromatic carbocycles. The van der Waals surface area contributed by atoms with Crippen LogP contribution in [0.2, 0.25) is 0 Å². The van der Waals surface area contributed by atoms with Crippen LogP contribution in [0.25, 0.3) is 11.5 Å². The molecule has 2 aromatic rings. The van der Waals surface area contributed by atoms with Gasteiger partial charge in [0, 0.05) is 50.7 Å². The van der Waals surface area contributed by atoms with Crippen LogP contribution in [-0.2, 0) is 11.8 Å². The molecule has 1 aliphatic rings. The second-order valence-electron chi connectivity index (χ2n) is 5.34.